The summed E-state index contributed by atoms with van der Waals surface area (Å²) in [6.45, 7) is 0. The first-order chi connectivity index (χ1) is 11.0. The zero-order chi connectivity index (χ0) is 16.4. The summed E-state index contributed by atoms with van der Waals surface area (Å²) in [4.78, 5) is 8.44. The third-order valence-electron chi connectivity index (χ3n) is 3.45. The number of nitrogens with two attached hydrogens (primary N) is 2. The number of benzene rings is 2. The van der Waals surface area contributed by atoms with Crippen molar-refractivity contribution in [2.24, 2.45) is 0 Å². The molecule has 0 radical (unpaired) electrons. The first kappa shape index (κ1) is 15.6. The van der Waals surface area contributed by atoms with Crippen LogP contribution < -0.4 is 11.5 Å². The number of nitrogen functional groups attached to an aromatic ring is 2. The van der Waals surface area contributed by atoms with Crippen molar-refractivity contribution in [3.63, 3.8) is 0 Å². The summed E-state index contributed by atoms with van der Waals surface area (Å²) >= 11 is 12.1. The molecule has 23 heavy (non-hydrogen) atoms. The molecule has 0 aliphatic carbocycles. The molecule has 3 aromatic rings. The minimum absolute atomic E-state index is 0.150. The normalized spacial score (nSPS) is 10.7. The van der Waals surface area contributed by atoms with Gasteiger partial charge < -0.3 is 11.5 Å². The molecule has 0 aliphatic rings. The average molecular weight is 345 g/mol. The van der Waals surface area contributed by atoms with E-state index in [0.29, 0.717) is 22.3 Å². The van der Waals surface area contributed by atoms with Crippen molar-refractivity contribution in [1.82, 2.24) is 9.97 Å². The zero-order valence-corrected chi connectivity index (χ0v) is 13.6. The van der Waals surface area contributed by atoms with Crippen molar-refractivity contribution in [2.45, 2.75) is 6.42 Å². The molecule has 0 amide bonds. The number of nitrogens with zero attached hydrogens (tertiary/aromatic N) is 2. The van der Waals surface area contributed by atoms with Gasteiger partial charge in [0.1, 0.15) is 5.82 Å². The molecule has 0 bridgehead atoms. The van der Waals surface area contributed by atoms with Crippen molar-refractivity contribution in [3.8, 4) is 11.1 Å². The Kier molecular flexibility index (Phi) is 4.37. The van der Waals surface area contributed by atoms with Gasteiger partial charge in [0.2, 0.25) is 5.95 Å². The largest absolute Gasteiger partial charge is 0.383 e. The molecule has 4 N–H and O–H groups in total. The highest BCUT2D eigenvalue weighted by Crippen LogP contribution is 2.33. The standard InChI is InChI=1S/C17H14Cl2N4/c18-12-7-6-11(9-13(12)19)15-14(22-17(21)23-16(15)20)8-10-4-2-1-3-5-10/h1-7,9H,8H2,(H4,20,21,22,23). The van der Waals surface area contributed by atoms with Crippen molar-refractivity contribution in [2.75, 3.05) is 11.5 Å². The molecule has 4 nitrogen and oxygen atoms in total. The summed E-state index contributed by atoms with van der Waals surface area (Å²) in [5, 5.41) is 0.931. The van der Waals surface area contributed by atoms with Crippen LogP contribution in [0, 0.1) is 0 Å². The maximum absolute atomic E-state index is 6.12. The monoisotopic (exact) mass is 344 g/mol. The molecule has 0 saturated heterocycles. The molecule has 116 valence electrons. The minimum atomic E-state index is 0.150. The SMILES string of the molecule is Nc1nc(N)c(-c2ccc(Cl)c(Cl)c2)c(Cc2ccccc2)n1. The number of aromatic nitrogens is 2. The second-order valence-electron chi connectivity index (χ2n) is 5.08. The van der Waals surface area contributed by atoms with E-state index in [2.05, 4.69) is 9.97 Å². The fraction of sp³-hybridized carbons (Fsp3) is 0.0588. The van der Waals surface area contributed by atoms with Crippen LogP contribution in [-0.2, 0) is 6.42 Å². The van der Waals surface area contributed by atoms with Crippen LogP contribution in [0.4, 0.5) is 11.8 Å². The summed E-state index contributed by atoms with van der Waals surface area (Å²) in [6, 6.07) is 15.3. The van der Waals surface area contributed by atoms with E-state index in [0.717, 1.165) is 22.4 Å². The van der Waals surface area contributed by atoms with E-state index >= 15 is 0 Å². The summed E-state index contributed by atoms with van der Waals surface area (Å²) < 4.78 is 0. The highest BCUT2D eigenvalue weighted by Gasteiger charge is 2.15. The maximum Gasteiger partial charge on any atom is 0.222 e. The van der Waals surface area contributed by atoms with Crippen LogP contribution in [0.25, 0.3) is 11.1 Å². The Hall–Kier alpha value is -2.30. The second kappa shape index (κ2) is 6.44. The highest BCUT2D eigenvalue weighted by atomic mass is 35.5. The smallest absolute Gasteiger partial charge is 0.222 e. The van der Waals surface area contributed by atoms with Crippen molar-refractivity contribution in [1.29, 1.82) is 0 Å². The van der Waals surface area contributed by atoms with Gasteiger partial charge in [-0.05, 0) is 23.3 Å². The summed E-state index contributed by atoms with van der Waals surface area (Å²) in [7, 11) is 0. The number of halogens is 2. The molecule has 0 unspecified atom stereocenters. The second-order valence-corrected chi connectivity index (χ2v) is 5.89. The molecule has 2 aromatic carbocycles. The zero-order valence-electron chi connectivity index (χ0n) is 12.1. The van der Waals surface area contributed by atoms with Crippen LogP contribution in [0.1, 0.15) is 11.3 Å². The van der Waals surface area contributed by atoms with Crippen LogP contribution >= 0.6 is 23.2 Å². The highest BCUT2D eigenvalue weighted by molar-refractivity contribution is 6.42. The Morgan fingerprint density at radius 2 is 1.61 bits per heavy atom. The lowest BCUT2D eigenvalue weighted by atomic mass is 10.00. The number of anilines is 2. The summed E-state index contributed by atoms with van der Waals surface area (Å²) in [5.41, 5.74) is 15.2. The van der Waals surface area contributed by atoms with Crippen LogP contribution in [0.2, 0.25) is 10.0 Å². The Morgan fingerprint density at radius 1 is 0.870 bits per heavy atom. The van der Waals surface area contributed by atoms with Gasteiger partial charge in [-0.2, -0.15) is 4.98 Å². The van der Waals surface area contributed by atoms with Crippen LogP contribution in [-0.4, -0.2) is 9.97 Å². The third-order valence-corrected chi connectivity index (χ3v) is 4.19. The van der Waals surface area contributed by atoms with E-state index < -0.39 is 0 Å². The number of hydrogen-bond donors (Lipinski definition) is 2. The molecule has 0 spiro atoms. The van der Waals surface area contributed by atoms with E-state index in [1.807, 2.05) is 36.4 Å². The fourth-order valence-electron chi connectivity index (χ4n) is 2.43. The number of rotatable bonds is 3. The fourth-order valence-corrected chi connectivity index (χ4v) is 2.73. The lowest BCUT2D eigenvalue weighted by Gasteiger charge is -2.13. The Morgan fingerprint density at radius 3 is 2.30 bits per heavy atom. The van der Waals surface area contributed by atoms with Gasteiger partial charge in [0.15, 0.2) is 0 Å². The average Bonchev–Trinajstić information content (AvgIpc) is 2.51. The van der Waals surface area contributed by atoms with Gasteiger partial charge in [-0.1, -0.05) is 59.6 Å². The van der Waals surface area contributed by atoms with Crippen molar-refractivity contribution >= 4 is 35.0 Å². The molecule has 0 atom stereocenters. The topological polar surface area (TPSA) is 77.8 Å². The molecule has 1 heterocycles. The van der Waals surface area contributed by atoms with Gasteiger partial charge in [0.25, 0.3) is 0 Å². The first-order valence-corrected chi connectivity index (χ1v) is 7.71. The van der Waals surface area contributed by atoms with Crippen molar-refractivity contribution < 1.29 is 0 Å². The molecule has 6 heteroatoms. The predicted molar refractivity (Wildman–Crippen MR) is 95.6 cm³/mol. The van der Waals surface area contributed by atoms with E-state index in [1.54, 1.807) is 12.1 Å². The van der Waals surface area contributed by atoms with Gasteiger partial charge in [0.05, 0.1) is 15.7 Å². The van der Waals surface area contributed by atoms with Crippen LogP contribution in [0.5, 0.6) is 0 Å². The third kappa shape index (κ3) is 3.38. The predicted octanol–water partition coefficient (Wildman–Crippen LogP) is 4.21. The van der Waals surface area contributed by atoms with Gasteiger partial charge in [-0.3, -0.25) is 0 Å². The van der Waals surface area contributed by atoms with Gasteiger partial charge in [-0.25, -0.2) is 4.98 Å². The lowest BCUT2D eigenvalue weighted by molar-refractivity contribution is 1.05. The van der Waals surface area contributed by atoms with E-state index in [-0.39, 0.29) is 5.95 Å². The van der Waals surface area contributed by atoms with E-state index in [9.17, 15) is 0 Å². The van der Waals surface area contributed by atoms with Crippen molar-refractivity contribution in [3.05, 3.63) is 69.8 Å². The van der Waals surface area contributed by atoms with E-state index in [4.69, 9.17) is 34.7 Å². The van der Waals surface area contributed by atoms with Gasteiger partial charge >= 0.3 is 0 Å². The molecule has 0 aliphatic heterocycles. The van der Waals surface area contributed by atoms with Crippen LogP contribution in [0.15, 0.2) is 48.5 Å². The molecule has 1 aromatic heterocycles. The molecule has 0 saturated carbocycles. The molecule has 0 fully saturated rings. The van der Waals surface area contributed by atoms with E-state index in [1.165, 1.54) is 0 Å². The van der Waals surface area contributed by atoms with Gasteiger partial charge in [0, 0.05) is 12.0 Å². The minimum Gasteiger partial charge on any atom is -0.383 e. The lowest BCUT2D eigenvalue weighted by Crippen LogP contribution is -2.07. The summed E-state index contributed by atoms with van der Waals surface area (Å²) in [6.07, 6.45) is 0.591. The number of hydrogen-bond acceptors (Lipinski definition) is 4. The van der Waals surface area contributed by atoms with Gasteiger partial charge in [-0.15, -0.1) is 0 Å². The maximum atomic E-state index is 6.12. The molecular weight excluding hydrogens is 331 g/mol. The Bertz CT molecular complexity index is 851. The Labute approximate surface area is 144 Å². The Balaban J connectivity index is 2.13. The first-order valence-electron chi connectivity index (χ1n) is 6.96. The quantitative estimate of drug-likeness (QED) is 0.746. The molecule has 3 rings (SSSR count). The molecular formula is C17H14Cl2N4. The summed E-state index contributed by atoms with van der Waals surface area (Å²) in [5.74, 6) is 0.471. The van der Waals surface area contributed by atoms with Crippen LogP contribution in [0.3, 0.4) is 0 Å².